The molecule has 1 N–H and O–H groups in total. The molecule has 0 bridgehead atoms. The van der Waals surface area contributed by atoms with Gasteiger partial charge < -0.3 is 19.7 Å². The average molecular weight is 525 g/mol. The zero-order valence-electron chi connectivity index (χ0n) is 22.6. The van der Waals surface area contributed by atoms with E-state index in [9.17, 15) is 9.59 Å². The van der Waals surface area contributed by atoms with Crippen molar-refractivity contribution in [3.8, 4) is 22.8 Å². The van der Waals surface area contributed by atoms with Crippen LogP contribution in [0.2, 0.25) is 0 Å². The maximum absolute atomic E-state index is 14.0. The lowest BCUT2D eigenvalue weighted by Crippen LogP contribution is -2.63. The molecule has 0 unspecified atom stereocenters. The Kier molecular flexibility index (Phi) is 7.11. The molecule has 0 radical (unpaired) electrons. The van der Waals surface area contributed by atoms with Crippen molar-refractivity contribution in [3.05, 3.63) is 101 Å². The fraction of sp³-hybridized carbons (Fsp3) is 0.258. The van der Waals surface area contributed by atoms with E-state index in [1.165, 1.54) is 0 Å². The fourth-order valence-corrected chi connectivity index (χ4v) is 4.88. The van der Waals surface area contributed by atoms with Crippen LogP contribution in [0.4, 0.5) is 0 Å². The number of ether oxygens (including phenoxy) is 2. The minimum Gasteiger partial charge on any atom is -0.497 e. The predicted octanol–water partition coefficient (Wildman–Crippen LogP) is 4.61. The van der Waals surface area contributed by atoms with E-state index in [0.29, 0.717) is 23.7 Å². The number of hydrogen-bond acceptors (Lipinski definition) is 5. The van der Waals surface area contributed by atoms with Crippen LogP contribution in [0, 0.1) is 6.92 Å². The third kappa shape index (κ3) is 5.10. The number of carbonyl (C=O) groups excluding carboxylic acids is 2. The van der Waals surface area contributed by atoms with Crippen molar-refractivity contribution in [2.75, 3.05) is 14.2 Å². The summed E-state index contributed by atoms with van der Waals surface area (Å²) in [5.74, 6) is 0.921. The molecule has 2 amide bonds. The van der Waals surface area contributed by atoms with Crippen molar-refractivity contribution in [3.63, 3.8) is 0 Å². The molecule has 200 valence electrons. The summed E-state index contributed by atoms with van der Waals surface area (Å²) < 4.78 is 12.4. The number of para-hydroxylation sites is 1. The molecule has 8 nitrogen and oxygen atoms in total. The van der Waals surface area contributed by atoms with Crippen molar-refractivity contribution < 1.29 is 19.1 Å². The van der Waals surface area contributed by atoms with Crippen molar-refractivity contribution in [1.82, 2.24) is 20.0 Å². The molecule has 5 rings (SSSR count). The van der Waals surface area contributed by atoms with Crippen molar-refractivity contribution in [2.45, 2.75) is 39.0 Å². The van der Waals surface area contributed by atoms with E-state index in [4.69, 9.17) is 14.6 Å². The summed E-state index contributed by atoms with van der Waals surface area (Å²) >= 11 is 0. The maximum atomic E-state index is 14.0. The van der Waals surface area contributed by atoms with Crippen molar-refractivity contribution in [1.29, 1.82) is 0 Å². The standard InChI is InChI=1S/C31H32N4O4/c1-21-9-11-22(12-10-21)19-34-29(36)27-17-26(23-13-15-25(38-3)16-14-23)33-35(27)20-31(34,2)30(37)32-18-24-7-5-6-8-28(24)39-4/h5-17H,18-20H2,1-4H3,(H,32,37)/t31-/m1/s1. The fourth-order valence-electron chi connectivity index (χ4n) is 4.88. The van der Waals surface area contributed by atoms with Gasteiger partial charge in [0.25, 0.3) is 5.91 Å². The molecule has 0 spiro atoms. The molecule has 4 aromatic rings. The second-order valence-corrected chi connectivity index (χ2v) is 9.95. The van der Waals surface area contributed by atoms with Crippen molar-refractivity contribution in [2.24, 2.45) is 0 Å². The topological polar surface area (TPSA) is 85.7 Å². The molecular formula is C31H32N4O4. The number of amides is 2. The largest absolute Gasteiger partial charge is 0.497 e. The molecule has 0 aliphatic carbocycles. The number of benzene rings is 3. The number of aryl methyl sites for hydroxylation is 1. The lowest BCUT2D eigenvalue weighted by atomic mass is 9.93. The molecule has 8 heteroatoms. The van der Waals surface area contributed by atoms with Crippen LogP contribution in [0.5, 0.6) is 11.5 Å². The van der Waals surface area contributed by atoms with Crippen LogP contribution in [0.3, 0.4) is 0 Å². The molecule has 2 heterocycles. The Hall–Kier alpha value is -4.59. The van der Waals surface area contributed by atoms with Gasteiger partial charge in [0, 0.05) is 24.2 Å². The van der Waals surface area contributed by atoms with Gasteiger partial charge in [0.15, 0.2) is 0 Å². The number of rotatable bonds is 8. The van der Waals surface area contributed by atoms with E-state index < -0.39 is 5.54 Å². The van der Waals surface area contributed by atoms with Gasteiger partial charge >= 0.3 is 0 Å². The van der Waals surface area contributed by atoms with Crippen LogP contribution in [0.15, 0.2) is 78.9 Å². The monoisotopic (exact) mass is 524 g/mol. The van der Waals surface area contributed by atoms with E-state index in [2.05, 4.69) is 5.32 Å². The van der Waals surface area contributed by atoms with E-state index >= 15 is 0 Å². The second kappa shape index (κ2) is 10.6. The normalized spacial score (nSPS) is 16.5. The van der Waals surface area contributed by atoms with Gasteiger partial charge in [-0.2, -0.15) is 5.10 Å². The highest BCUT2D eigenvalue weighted by Gasteiger charge is 2.48. The summed E-state index contributed by atoms with van der Waals surface area (Å²) in [4.78, 5) is 29.5. The first-order valence-corrected chi connectivity index (χ1v) is 12.8. The number of fused-ring (bicyclic) bond motifs is 1. The number of methoxy groups -OCH3 is 2. The molecule has 1 aliphatic rings. The molecule has 0 saturated heterocycles. The molecular weight excluding hydrogens is 492 g/mol. The van der Waals surface area contributed by atoms with Gasteiger partial charge in [0.2, 0.25) is 5.91 Å². The lowest BCUT2D eigenvalue weighted by molar-refractivity contribution is -0.133. The number of nitrogens with one attached hydrogen (secondary N) is 1. The van der Waals surface area contributed by atoms with E-state index in [1.807, 2.05) is 79.7 Å². The minimum atomic E-state index is -1.18. The lowest BCUT2D eigenvalue weighted by Gasteiger charge is -2.43. The van der Waals surface area contributed by atoms with Gasteiger partial charge in [-0.25, -0.2) is 0 Å². The summed E-state index contributed by atoms with van der Waals surface area (Å²) in [6, 6.07) is 24.9. The first-order chi connectivity index (χ1) is 18.8. The quantitative estimate of drug-likeness (QED) is 0.364. The summed E-state index contributed by atoms with van der Waals surface area (Å²) in [6.45, 7) is 4.60. The van der Waals surface area contributed by atoms with Gasteiger partial charge in [-0.15, -0.1) is 0 Å². The third-order valence-electron chi connectivity index (χ3n) is 7.27. The van der Waals surface area contributed by atoms with Crippen LogP contribution in [-0.2, 0) is 24.4 Å². The van der Waals surface area contributed by atoms with Gasteiger partial charge in [-0.1, -0.05) is 48.0 Å². The molecule has 39 heavy (non-hydrogen) atoms. The molecule has 1 atom stereocenters. The van der Waals surface area contributed by atoms with E-state index in [-0.39, 0.29) is 24.9 Å². The second-order valence-electron chi connectivity index (χ2n) is 9.95. The van der Waals surface area contributed by atoms with Gasteiger partial charge in [0.05, 0.1) is 26.5 Å². The Morgan fingerprint density at radius 2 is 1.72 bits per heavy atom. The first kappa shape index (κ1) is 26.0. The highest BCUT2D eigenvalue weighted by Crippen LogP contribution is 2.32. The zero-order valence-corrected chi connectivity index (χ0v) is 22.6. The molecule has 1 aliphatic heterocycles. The first-order valence-electron chi connectivity index (χ1n) is 12.8. The number of carbonyl (C=O) groups is 2. The molecule has 0 fully saturated rings. The highest BCUT2D eigenvalue weighted by molar-refractivity contribution is 6.00. The Morgan fingerprint density at radius 3 is 2.41 bits per heavy atom. The van der Waals surface area contributed by atoms with Gasteiger partial charge in [-0.05, 0) is 55.8 Å². The van der Waals surface area contributed by atoms with Crippen molar-refractivity contribution >= 4 is 11.8 Å². The Morgan fingerprint density at radius 1 is 1.00 bits per heavy atom. The Bertz CT molecular complexity index is 1490. The summed E-state index contributed by atoms with van der Waals surface area (Å²) in [6.07, 6.45) is 0. The SMILES string of the molecule is COc1ccc(-c2cc3n(n2)C[C@](C)(C(=O)NCc2ccccc2OC)N(Cc2ccc(C)cc2)C3=O)cc1. The maximum Gasteiger partial charge on any atom is 0.273 e. The number of hydrogen-bond donors (Lipinski definition) is 1. The van der Waals surface area contributed by atoms with Crippen LogP contribution >= 0.6 is 0 Å². The Balaban J connectivity index is 1.48. The highest BCUT2D eigenvalue weighted by atomic mass is 16.5. The zero-order chi connectivity index (χ0) is 27.6. The van der Waals surface area contributed by atoms with Crippen LogP contribution in [-0.4, -0.2) is 46.3 Å². The average Bonchev–Trinajstić information content (AvgIpc) is 3.39. The van der Waals surface area contributed by atoms with E-state index in [1.54, 1.807) is 36.8 Å². The van der Waals surface area contributed by atoms with E-state index in [0.717, 1.165) is 28.0 Å². The smallest absolute Gasteiger partial charge is 0.273 e. The van der Waals surface area contributed by atoms with Gasteiger partial charge in [-0.3, -0.25) is 14.3 Å². The predicted molar refractivity (Wildman–Crippen MR) is 149 cm³/mol. The molecule has 1 aromatic heterocycles. The van der Waals surface area contributed by atoms with Crippen LogP contribution < -0.4 is 14.8 Å². The minimum absolute atomic E-state index is 0.216. The number of aromatic nitrogens is 2. The van der Waals surface area contributed by atoms with Crippen LogP contribution in [0.25, 0.3) is 11.3 Å². The summed E-state index contributed by atoms with van der Waals surface area (Å²) in [7, 11) is 3.22. The van der Waals surface area contributed by atoms with Crippen LogP contribution in [0.1, 0.15) is 34.1 Å². The summed E-state index contributed by atoms with van der Waals surface area (Å²) in [5.41, 5.74) is 3.71. The molecule has 0 saturated carbocycles. The summed E-state index contributed by atoms with van der Waals surface area (Å²) in [5, 5.41) is 7.78. The third-order valence-corrected chi connectivity index (χ3v) is 7.27. The van der Waals surface area contributed by atoms with Gasteiger partial charge in [0.1, 0.15) is 22.7 Å². The number of nitrogens with zero attached hydrogens (tertiary/aromatic N) is 3. The molecule has 3 aromatic carbocycles. The Labute approximate surface area is 228 Å².